The first-order valence-corrected chi connectivity index (χ1v) is 9.81. The summed E-state index contributed by atoms with van der Waals surface area (Å²) in [7, 11) is 0. The first kappa shape index (κ1) is 18.3. The number of thioether (sulfide) groups is 1. The zero-order chi connectivity index (χ0) is 17.2. The lowest BCUT2D eigenvalue weighted by molar-refractivity contribution is -0.191. The van der Waals surface area contributed by atoms with E-state index in [1.54, 1.807) is 11.8 Å². The fourth-order valence-corrected chi connectivity index (χ4v) is 3.68. The highest BCUT2D eigenvalue weighted by Crippen LogP contribution is 2.40. The molecule has 1 aromatic carbocycles. The zero-order valence-corrected chi connectivity index (χ0v) is 15.9. The Morgan fingerprint density at radius 1 is 1.17 bits per heavy atom. The molecular weight excluding hydrogens is 344 g/mol. The molecule has 0 spiro atoms. The summed E-state index contributed by atoms with van der Waals surface area (Å²) >= 11 is 6.94. The largest absolute Gasteiger partial charge is 0.374 e. The van der Waals surface area contributed by atoms with Crippen LogP contribution >= 0.6 is 24.0 Å². The van der Waals surface area contributed by atoms with E-state index in [0.29, 0.717) is 19.6 Å². The maximum absolute atomic E-state index is 6.16. The van der Waals surface area contributed by atoms with E-state index in [2.05, 4.69) is 12.1 Å². The number of fused-ring (bicyclic) bond motifs is 1. The number of ether oxygens (including phenoxy) is 4. The van der Waals surface area contributed by atoms with Gasteiger partial charge in [-0.25, -0.2) is 0 Å². The van der Waals surface area contributed by atoms with Crippen LogP contribution in [0.1, 0.15) is 25.8 Å². The average Bonchev–Trinajstić information content (AvgIpc) is 3.03. The Morgan fingerprint density at radius 2 is 1.83 bits per heavy atom. The van der Waals surface area contributed by atoms with E-state index in [-0.39, 0.29) is 24.4 Å². The zero-order valence-electron chi connectivity index (χ0n) is 14.3. The number of thiocarbonyl (C=S) groups is 1. The summed E-state index contributed by atoms with van der Waals surface area (Å²) < 4.78 is 25.1. The van der Waals surface area contributed by atoms with Gasteiger partial charge in [0.2, 0.25) is 0 Å². The molecule has 4 nitrogen and oxygen atoms in total. The van der Waals surface area contributed by atoms with Gasteiger partial charge < -0.3 is 18.9 Å². The summed E-state index contributed by atoms with van der Waals surface area (Å²) in [5.74, 6) is -0.587. The van der Waals surface area contributed by atoms with Crippen LogP contribution in [0, 0.1) is 0 Å². The molecule has 0 saturated carbocycles. The molecule has 0 amide bonds. The quantitative estimate of drug-likeness (QED) is 0.715. The number of hydrogen-bond acceptors (Lipinski definition) is 6. The number of hydrogen-bond donors (Lipinski definition) is 0. The minimum atomic E-state index is -0.587. The molecule has 1 aromatic rings. The molecule has 0 aliphatic carbocycles. The van der Waals surface area contributed by atoms with Crippen LogP contribution in [-0.4, -0.2) is 47.3 Å². The van der Waals surface area contributed by atoms with Gasteiger partial charge in [-0.15, -0.1) is 11.8 Å². The van der Waals surface area contributed by atoms with Crippen molar-refractivity contribution in [1.29, 1.82) is 0 Å². The Labute approximate surface area is 153 Å². The lowest BCUT2D eigenvalue weighted by atomic mass is 10.1. The van der Waals surface area contributed by atoms with Crippen molar-refractivity contribution in [2.75, 3.05) is 12.9 Å². The first-order valence-electron chi connectivity index (χ1n) is 8.18. The Bertz CT molecular complexity index is 563. The van der Waals surface area contributed by atoms with E-state index < -0.39 is 5.79 Å². The molecular formula is C18H24O4S2. The smallest absolute Gasteiger partial charge is 0.164 e. The topological polar surface area (TPSA) is 36.9 Å². The summed E-state index contributed by atoms with van der Waals surface area (Å²) in [6, 6.07) is 10.1. The fraction of sp³-hybridized carbons (Fsp3) is 0.611. The summed E-state index contributed by atoms with van der Waals surface area (Å²) in [5.41, 5.74) is 1.15. The van der Waals surface area contributed by atoms with E-state index in [1.165, 1.54) is 0 Å². The van der Waals surface area contributed by atoms with E-state index in [1.807, 2.05) is 38.3 Å². The van der Waals surface area contributed by atoms with Crippen molar-refractivity contribution in [3.05, 3.63) is 35.9 Å². The van der Waals surface area contributed by atoms with Gasteiger partial charge in [0, 0.05) is 6.42 Å². The highest BCUT2D eigenvalue weighted by Gasteiger charge is 2.55. The van der Waals surface area contributed by atoms with Crippen LogP contribution in [0.4, 0.5) is 0 Å². The van der Waals surface area contributed by atoms with Crippen molar-refractivity contribution in [1.82, 2.24) is 0 Å². The monoisotopic (exact) mass is 368 g/mol. The van der Waals surface area contributed by atoms with Crippen LogP contribution in [-0.2, 0) is 25.6 Å². The molecule has 132 valence electrons. The molecule has 0 N–H and O–H groups in total. The van der Waals surface area contributed by atoms with Gasteiger partial charge in [-0.1, -0.05) is 42.5 Å². The van der Waals surface area contributed by atoms with Crippen molar-refractivity contribution < 1.29 is 18.9 Å². The molecule has 6 heteroatoms. The van der Waals surface area contributed by atoms with Crippen molar-refractivity contribution in [2.45, 2.75) is 57.1 Å². The second-order valence-corrected chi connectivity index (χ2v) is 8.21. The van der Waals surface area contributed by atoms with Gasteiger partial charge in [0.15, 0.2) is 5.79 Å². The minimum Gasteiger partial charge on any atom is -0.374 e. The predicted octanol–water partition coefficient (Wildman–Crippen LogP) is 3.57. The Kier molecular flexibility index (Phi) is 5.95. The molecule has 24 heavy (non-hydrogen) atoms. The second-order valence-electron chi connectivity index (χ2n) is 6.56. The van der Waals surface area contributed by atoms with Crippen LogP contribution in [0.25, 0.3) is 0 Å². The molecule has 2 aliphatic heterocycles. The Hall–Kier alpha value is -0.500. The van der Waals surface area contributed by atoms with Crippen LogP contribution < -0.4 is 0 Å². The van der Waals surface area contributed by atoms with Crippen LogP contribution in [0.15, 0.2) is 30.3 Å². The van der Waals surface area contributed by atoms with Gasteiger partial charge in [0.1, 0.15) is 18.3 Å². The average molecular weight is 369 g/mol. The van der Waals surface area contributed by atoms with Crippen molar-refractivity contribution >= 4 is 28.2 Å². The standard InChI is InChI=1S/C18H24O4S2/c1-18(2)21-16-13(9-15(23)24-3)20-14(17(16)22-18)11-19-10-12-7-5-4-6-8-12/h4-8,13-14,16-17H,9-11H2,1-3H3/t13-,14+,16-,17+/m0/s1. The lowest BCUT2D eigenvalue weighted by Crippen LogP contribution is -2.32. The molecule has 0 radical (unpaired) electrons. The third-order valence-corrected chi connectivity index (χ3v) is 5.52. The molecule has 4 atom stereocenters. The molecule has 0 bridgehead atoms. The van der Waals surface area contributed by atoms with E-state index in [9.17, 15) is 0 Å². The van der Waals surface area contributed by atoms with Gasteiger partial charge in [-0.05, 0) is 25.7 Å². The van der Waals surface area contributed by atoms with E-state index in [4.69, 9.17) is 31.2 Å². The molecule has 2 aliphatic rings. The number of benzene rings is 1. The summed E-state index contributed by atoms with van der Waals surface area (Å²) in [6.45, 7) is 4.93. The van der Waals surface area contributed by atoms with E-state index >= 15 is 0 Å². The van der Waals surface area contributed by atoms with Gasteiger partial charge in [0.25, 0.3) is 0 Å². The Morgan fingerprint density at radius 3 is 2.50 bits per heavy atom. The Balaban J connectivity index is 1.59. The van der Waals surface area contributed by atoms with Crippen molar-refractivity contribution in [3.63, 3.8) is 0 Å². The second kappa shape index (κ2) is 7.81. The van der Waals surface area contributed by atoms with Gasteiger partial charge in [-0.2, -0.15) is 0 Å². The van der Waals surface area contributed by atoms with Crippen molar-refractivity contribution in [3.8, 4) is 0 Å². The van der Waals surface area contributed by atoms with E-state index in [0.717, 1.165) is 9.76 Å². The van der Waals surface area contributed by atoms with Crippen LogP contribution in [0.5, 0.6) is 0 Å². The first-order chi connectivity index (χ1) is 11.5. The molecule has 0 aromatic heterocycles. The molecule has 2 saturated heterocycles. The van der Waals surface area contributed by atoms with Gasteiger partial charge in [0.05, 0.1) is 23.5 Å². The summed E-state index contributed by atoms with van der Waals surface area (Å²) in [6.07, 6.45) is 2.30. The SMILES string of the molecule is CSC(=S)C[C@@H]1O[C@H](COCc2ccccc2)[C@H]2OC(C)(C)O[C@H]21. The van der Waals surface area contributed by atoms with Crippen LogP contribution in [0.2, 0.25) is 0 Å². The maximum atomic E-state index is 6.16. The predicted molar refractivity (Wildman–Crippen MR) is 99.3 cm³/mol. The highest BCUT2D eigenvalue weighted by atomic mass is 32.2. The summed E-state index contributed by atoms with van der Waals surface area (Å²) in [5, 5.41) is 0. The molecule has 3 rings (SSSR count). The molecule has 0 unspecified atom stereocenters. The number of rotatable bonds is 6. The minimum absolute atomic E-state index is 0.0675. The fourth-order valence-electron chi connectivity index (χ4n) is 3.18. The van der Waals surface area contributed by atoms with Gasteiger partial charge >= 0.3 is 0 Å². The third-order valence-electron chi connectivity index (χ3n) is 4.24. The summed E-state index contributed by atoms with van der Waals surface area (Å²) in [4.78, 5) is 0. The third kappa shape index (κ3) is 4.36. The maximum Gasteiger partial charge on any atom is 0.164 e. The highest BCUT2D eigenvalue weighted by molar-refractivity contribution is 8.22. The normalized spacial score (nSPS) is 31.1. The van der Waals surface area contributed by atoms with Crippen molar-refractivity contribution in [2.24, 2.45) is 0 Å². The van der Waals surface area contributed by atoms with Gasteiger partial charge in [-0.3, -0.25) is 0 Å². The molecule has 2 heterocycles. The molecule has 2 fully saturated rings. The van der Waals surface area contributed by atoms with Crippen LogP contribution in [0.3, 0.4) is 0 Å². The lowest BCUT2D eigenvalue weighted by Gasteiger charge is -2.24.